The predicted octanol–water partition coefficient (Wildman–Crippen LogP) is 3.91. The zero-order valence-electron chi connectivity index (χ0n) is 19.4. The molecule has 0 saturated carbocycles. The molecular formula is C23H34N4O4. The molecule has 2 amide bonds. The first-order valence-corrected chi connectivity index (χ1v) is 10.8. The van der Waals surface area contributed by atoms with Crippen LogP contribution in [-0.4, -0.2) is 35.3 Å². The maximum Gasteiger partial charge on any atom is 0.313 e. The summed E-state index contributed by atoms with van der Waals surface area (Å²) in [5, 5.41) is 9.76. The van der Waals surface area contributed by atoms with Crippen LogP contribution in [0, 0.1) is 13.8 Å². The second-order valence-corrected chi connectivity index (χ2v) is 7.48. The zero-order chi connectivity index (χ0) is 23.0. The van der Waals surface area contributed by atoms with Gasteiger partial charge in [-0.1, -0.05) is 25.8 Å². The molecular weight excluding hydrogens is 396 g/mol. The van der Waals surface area contributed by atoms with Gasteiger partial charge in [0.2, 0.25) is 0 Å². The first kappa shape index (κ1) is 24.2. The molecule has 1 atom stereocenters. The van der Waals surface area contributed by atoms with Crippen molar-refractivity contribution in [1.82, 2.24) is 15.1 Å². The number of benzene rings is 1. The van der Waals surface area contributed by atoms with Crippen LogP contribution in [0.15, 0.2) is 18.2 Å². The Balaban J connectivity index is 2.01. The van der Waals surface area contributed by atoms with Crippen molar-refractivity contribution < 1.29 is 19.1 Å². The number of nitrogens with zero attached hydrogens (tertiary/aromatic N) is 2. The average molecular weight is 431 g/mol. The topological polar surface area (TPSA) is 94.5 Å². The minimum absolute atomic E-state index is 0.387. The van der Waals surface area contributed by atoms with E-state index in [0.717, 1.165) is 30.5 Å². The third kappa shape index (κ3) is 6.23. The maximum absolute atomic E-state index is 12.4. The number of nitrogens with one attached hydrogen (secondary N) is 2. The fraction of sp³-hybridized carbons (Fsp3) is 0.522. The van der Waals surface area contributed by atoms with Crippen molar-refractivity contribution >= 4 is 17.5 Å². The SMILES string of the molecule is CCCCCOc1ccc([C@H](C)NC(=O)C(=O)Nc2c(C)nn(CC)c2C)cc1OC. The van der Waals surface area contributed by atoms with Gasteiger partial charge in [-0.25, -0.2) is 0 Å². The number of ether oxygens (including phenoxy) is 2. The highest BCUT2D eigenvalue weighted by molar-refractivity contribution is 6.39. The average Bonchev–Trinajstić information content (AvgIpc) is 3.04. The molecule has 0 aliphatic rings. The Kier molecular flexibility index (Phi) is 8.90. The predicted molar refractivity (Wildman–Crippen MR) is 121 cm³/mol. The molecule has 2 aromatic rings. The van der Waals surface area contributed by atoms with Crippen LogP contribution >= 0.6 is 0 Å². The number of anilines is 1. The number of methoxy groups -OCH3 is 1. The molecule has 2 rings (SSSR count). The number of hydrogen-bond donors (Lipinski definition) is 2. The van der Waals surface area contributed by atoms with Crippen LogP contribution in [0.4, 0.5) is 5.69 Å². The van der Waals surface area contributed by atoms with Crippen molar-refractivity contribution in [1.29, 1.82) is 0 Å². The molecule has 0 radical (unpaired) electrons. The lowest BCUT2D eigenvalue weighted by Gasteiger charge is -2.17. The summed E-state index contributed by atoms with van der Waals surface area (Å²) in [5.74, 6) is -0.179. The van der Waals surface area contributed by atoms with E-state index >= 15 is 0 Å². The van der Waals surface area contributed by atoms with Gasteiger partial charge in [-0.2, -0.15) is 5.10 Å². The number of aryl methyl sites for hydroxylation is 2. The van der Waals surface area contributed by atoms with Gasteiger partial charge < -0.3 is 20.1 Å². The Morgan fingerprint density at radius 2 is 1.87 bits per heavy atom. The van der Waals surface area contributed by atoms with Gasteiger partial charge >= 0.3 is 11.8 Å². The first-order chi connectivity index (χ1) is 14.8. The summed E-state index contributed by atoms with van der Waals surface area (Å²) in [6.45, 7) is 10.9. The number of rotatable bonds is 10. The molecule has 0 bridgehead atoms. The first-order valence-electron chi connectivity index (χ1n) is 10.8. The number of hydrogen-bond acceptors (Lipinski definition) is 5. The van der Waals surface area contributed by atoms with Crippen LogP contribution < -0.4 is 20.1 Å². The van der Waals surface area contributed by atoms with Crippen molar-refractivity contribution in [3.05, 3.63) is 35.2 Å². The standard InChI is InChI=1S/C23H34N4O4/c1-7-9-10-13-31-19-12-11-18(14-20(19)30-6)15(3)24-22(28)23(29)25-21-16(4)26-27(8-2)17(21)5/h11-12,14-15H,7-10,13H2,1-6H3,(H,24,28)(H,25,29)/t15-/m0/s1. The van der Waals surface area contributed by atoms with Gasteiger partial charge in [0.05, 0.1) is 36.8 Å². The molecule has 1 aromatic carbocycles. The Labute approximate surface area is 184 Å². The lowest BCUT2D eigenvalue weighted by molar-refractivity contribution is -0.136. The highest BCUT2D eigenvalue weighted by Gasteiger charge is 2.21. The Morgan fingerprint density at radius 1 is 1.13 bits per heavy atom. The number of carbonyl (C=O) groups excluding carboxylic acids is 2. The van der Waals surface area contributed by atoms with Gasteiger partial charge in [0.15, 0.2) is 11.5 Å². The van der Waals surface area contributed by atoms with Crippen LogP contribution in [0.25, 0.3) is 0 Å². The van der Waals surface area contributed by atoms with Crippen molar-refractivity contribution in [2.75, 3.05) is 19.0 Å². The van der Waals surface area contributed by atoms with Gasteiger partial charge in [-0.05, 0) is 51.8 Å². The second kappa shape index (κ2) is 11.4. The minimum atomic E-state index is -0.725. The van der Waals surface area contributed by atoms with Gasteiger partial charge in [-0.15, -0.1) is 0 Å². The van der Waals surface area contributed by atoms with E-state index in [1.807, 2.05) is 39.0 Å². The van der Waals surface area contributed by atoms with E-state index < -0.39 is 11.8 Å². The molecule has 8 heteroatoms. The van der Waals surface area contributed by atoms with E-state index in [-0.39, 0.29) is 6.04 Å². The van der Waals surface area contributed by atoms with Crippen molar-refractivity contribution in [3.8, 4) is 11.5 Å². The summed E-state index contributed by atoms with van der Waals surface area (Å²) >= 11 is 0. The van der Waals surface area contributed by atoms with Crippen molar-refractivity contribution in [2.24, 2.45) is 0 Å². The Morgan fingerprint density at radius 3 is 2.48 bits per heavy atom. The normalized spacial score (nSPS) is 11.7. The fourth-order valence-electron chi connectivity index (χ4n) is 3.31. The van der Waals surface area contributed by atoms with Crippen LogP contribution in [0.3, 0.4) is 0 Å². The van der Waals surface area contributed by atoms with Crippen LogP contribution in [0.1, 0.15) is 63.0 Å². The van der Waals surface area contributed by atoms with E-state index in [9.17, 15) is 9.59 Å². The third-order valence-corrected chi connectivity index (χ3v) is 5.17. The van der Waals surface area contributed by atoms with E-state index in [0.29, 0.717) is 36.0 Å². The van der Waals surface area contributed by atoms with Crippen LogP contribution in [0.2, 0.25) is 0 Å². The van der Waals surface area contributed by atoms with E-state index in [1.165, 1.54) is 0 Å². The monoisotopic (exact) mass is 430 g/mol. The molecule has 0 spiro atoms. The van der Waals surface area contributed by atoms with Crippen LogP contribution in [-0.2, 0) is 16.1 Å². The summed E-state index contributed by atoms with van der Waals surface area (Å²) < 4.78 is 13.0. The molecule has 0 fully saturated rings. The molecule has 0 aliphatic heterocycles. The largest absolute Gasteiger partial charge is 0.493 e. The highest BCUT2D eigenvalue weighted by atomic mass is 16.5. The van der Waals surface area contributed by atoms with E-state index in [4.69, 9.17) is 9.47 Å². The molecule has 1 heterocycles. The summed E-state index contributed by atoms with van der Waals surface area (Å²) in [6.07, 6.45) is 3.23. The Bertz CT molecular complexity index is 907. The zero-order valence-corrected chi connectivity index (χ0v) is 19.4. The van der Waals surface area contributed by atoms with Gasteiger partial charge in [0, 0.05) is 6.54 Å². The third-order valence-electron chi connectivity index (χ3n) is 5.17. The van der Waals surface area contributed by atoms with Gasteiger partial charge in [0.1, 0.15) is 0 Å². The number of aromatic nitrogens is 2. The molecule has 8 nitrogen and oxygen atoms in total. The van der Waals surface area contributed by atoms with Crippen molar-refractivity contribution in [3.63, 3.8) is 0 Å². The summed E-state index contributed by atoms with van der Waals surface area (Å²) in [4.78, 5) is 24.9. The molecule has 2 N–H and O–H groups in total. The summed E-state index contributed by atoms with van der Waals surface area (Å²) in [7, 11) is 1.58. The molecule has 31 heavy (non-hydrogen) atoms. The minimum Gasteiger partial charge on any atom is -0.493 e. The molecule has 1 aromatic heterocycles. The number of carbonyl (C=O) groups is 2. The lowest BCUT2D eigenvalue weighted by Crippen LogP contribution is -2.37. The summed E-state index contributed by atoms with van der Waals surface area (Å²) in [6, 6.07) is 5.12. The lowest BCUT2D eigenvalue weighted by atomic mass is 10.1. The quantitative estimate of drug-likeness (QED) is 0.440. The Hall–Kier alpha value is -3.03. The van der Waals surface area contributed by atoms with E-state index in [1.54, 1.807) is 18.7 Å². The van der Waals surface area contributed by atoms with Gasteiger partial charge in [-0.3, -0.25) is 14.3 Å². The molecule has 0 aliphatic carbocycles. The molecule has 0 unspecified atom stereocenters. The van der Waals surface area contributed by atoms with Crippen LogP contribution in [0.5, 0.6) is 11.5 Å². The molecule has 0 saturated heterocycles. The van der Waals surface area contributed by atoms with Crippen molar-refractivity contribution in [2.45, 2.75) is 66.5 Å². The summed E-state index contributed by atoms with van der Waals surface area (Å²) in [5.41, 5.74) is 2.87. The fourth-order valence-corrected chi connectivity index (χ4v) is 3.31. The number of amides is 2. The maximum atomic E-state index is 12.4. The van der Waals surface area contributed by atoms with E-state index in [2.05, 4.69) is 22.7 Å². The smallest absolute Gasteiger partial charge is 0.313 e. The second-order valence-electron chi connectivity index (χ2n) is 7.48. The van der Waals surface area contributed by atoms with Gasteiger partial charge in [0.25, 0.3) is 0 Å². The molecule has 170 valence electrons. The highest BCUT2D eigenvalue weighted by Crippen LogP contribution is 2.30. The number of unbranched alkanes of at least 4 members (excludes halogenated alkanes) is 2.